The molecule has 0 radical (unpaired) electrons. The zero-order valence-corrected chi connectivity index (χ0v) is 32.6. The van der Waals surface area contributed by atoms with E-state index in [4.69, 9.17) is 9.97 Å². The van der Waals surface area contributed by atoms with Gasteiger partial charge in [-0.1, -0.05) is 141 Å². The molecule has 0 spiro atoms. The van der Waals surface area contributed by atoms with Crippen LogP contribution in [0.25, 0.3) is 110 Å². The van der Waals surface area contributed by atoms with Crippen molar-refractivity contribution in [3.8, 4) is 33.9 Å². The molecule has 59 heavy (non-hydrogen) atoms. The van der Waals surface area contributed by atoms with E-state index in [1.165, 1.54) is 82.2 Å². The van der Waals surface area contributed by atoms with E-state index in [9.17, 15) is 0 Å². The average Bonchev–Trinajstić information content (AvgIpc) is 3.89. The van der Waals surface area contributed by atoms with Crippen molar-refractivity contribution in [3.05, 3.63) is 193 Å². The summed E-state index contributed by atoms with van der Waals surface area (Å²) in [5, 5.41) is 10.8. The van der Waals surface area contributed by atoms with Gasteiger partial charge < -0.3 is 9.13 Å². The smallest absolute Gasteiger partial charge is 0.159 e. The normalized spacial score (nSPS) is 13.4. The van der Waals surface area contributed by atoms with E-state index in [1.807, 2.05) is 6.20 Å². The van der Waals surface area contributed by atoms with E-state index in [2.05, 4.69) is 199 Å². The molecular weight excluding hydrogens is 717 g/mol. The molecule has 4 nitrogen and oxygen atoms in total. The molecule has 0 unspecified atom stereocenters. The SMILES string of the molecule is CC1(C)c2ccccc2-c2ccc(-n3c4ccccc4c4c5c6ccccc6n(-c6cccc(-c7ncc8c9ccccc9c9ccccc9c8n7)c6)c5ccc43)cc21. The van der Waals surface area contributed by atoms with E-state index in [0.717, 1.165) is 33.1 Å². The fourth-order valence-electron chi connectivity index (χ4n) is 10.5. The van der Waals surface area contributed by atoms with Crippen LogP contribution in [0.4, 0.5) is 0 Å². The highest BCUT2D eigenvalue weighted by molar-refractivity contribution is 6.29. The highest BCUT2D eigenvalue weighted by atomic mass is 15.0. The maximum absolute atomic E-state index is 5.30. The fourth-order valence-corrected chi connectivity index (χ4v) is 10.5. The molecule has 0 N–H and O–H groups in total. The molecule has 0 amide bonds. The topological polar surface area (TPSA) is 35.6 Å². The van der Waals surface area contributed by atoms with Gasteiger partial charge in [0.2, 0.25) is 0 Å². The largest absolute Gasteiger partial charge is 0.309 e. The molecular formula is C55H36N4. The summed E-state index contributed by atoms with van der Waals surface area (Å²) in [5.41, 5.74) is 14.3. The van der Waals surface area contributed by atoms with Crippen molar-refractivity contribution < 1.29 is 0 Å². The van der Waals surface area contributed by atoms with Gasteiger partial charge in [0.15, 0.2) is 5.82 Å². The molecule has 0 atom stereocenters. The van der Waals surface area contributed by atoms with Crippen molar-refractivity contribution in [2.24, 2.45) is 0 Å². The van der Waals surface area contributed by atoms with Crippen LogP contribution < -0.4 is 0 Å². The molecule has 0 fully saturated rings. The van der Waals surface area contributed by atoms with Crippen molar-refractivity contribution in [2.75, 3.05) is 0 Å². The summed E-state index contributed by atoms with van der Waals surface area (Å²) in [6, 6.07) is 64.2. The summed E-state index contributed by atoms with van der Waals surface area (Å²) in [5.74, 6) is 0.714. The van der Waals surface area contributed by atoms with Crippen molar-refractivity contribution in [3.63, 3.8) is 0 Å². The number of nitrogens with zero attached hydrogens (tertiary/aromatic N) is 4. The van der Waals surface area contributed by atoms with Crippen LogP contribution in [0.5, 0.6) is 0 Å². The molecule has 0 bridgehead atoms. The highest BCUT2D eigenvalue weighted by Gasteiger charge is 2.35. The number of para-hydroxylation sites is 2. The third kappa shape index (κ3) is 4.38. The van der Waals surface area contributed by atoms with E-state index in [-0.39, 0.29) is 5.41 Å². The number of fused-ring (bicyclic) bond motifs is 16. The van der Waals surface area contributed by atoms with Gasteiger partial charge >= 0.3 is 0 Å². The second-order valence-electron chi connectivity index (χ2n) is 16.6. The quantitative estimate of drug-likeness (QED) is 0.169. The summed E-state index contributed by atoms with van der Waals surface area (Å²) in [4.78, 5) is 10.3. The lowest BCUT2D eigenvalue weighted by Gasteiger charge is -2.22. The maximum Gasteiger partial charge on any atom is 0.159 e. The number of hydrogen-bond acceptors (Lipinski definition) is 2. The minimum absolute atomic E-state index is 0.0873. The first-order valence-electron chi connectivity index (χ1n) is 20.4. The first kappa shape index (κ1) is 32.5. The van der Waals surface area contributed by atoms with Crippen LogP contribution >= 0.6 is 0 Å². The van der Waals surface area contributed by atoms with Gasteiger partial charge in [0.25, 0.3) is 0 Å². The van der Waals surface area contributed by atoms with Crippen LogP contribution in [-0.2, 0) is 5.41 Å². The monoisotopic (exact) mass is 752 g/mol. The Morgan fingerprint density at radius 1 is 0.407 bits per heavy atom. The summed E-state index contributed by atoms with van der Waals surface area (Å²) < 4.78 is 4.89. The summed E-state index contributed by atoms with van der Waals surface area (Å²) >= 11 is 0. The van der Waals surface area contributed by atoms with Crippen LogP contribution in [0.1, 0.15) is 25.0 Å². The van der Waals surface area contributed by atoms with Crippen molar-refractivity contribution in [1.82, 2.24) is 19.1 Å². The number of hydrogen-bond donors (Lipinski definition) is 0. The Balaban J connectivity index is 1.02. The minimum atomic E-state index is -0.0873. The van der Waals surface area contributed by atoms with Gasteiger partial charge in [0, 0.05) is 60.9 Å². The van der Waals surface area contributed by atoms with Crippen LogP contribution in [0.2, 0.25) is 0 Å². The Labute approximate surface area is 340 Å². The van der Waals surface area contributed by atoms with Gasteiger partial charge in [0.1, 0.15) is 0 Å². The van der Waals surface area contributed by atoms with Crippen molar-refractivity contribution in [1.29, 1.82) is 0 Å². The van der Waals surface area contributed by atoms with Crippen LogP contribution in [0.3, 0.4) is 0 Å². The second kappa shape index (κ2) is 11.7. The first-order chi connectivity index (χ1) is 29.0. The van der Waals surface area contributed by atoms with E-state index >= 15 is 0 Å². The highest BCUT2D eigenvalue weighted by Crippen LogP contribution is 2.50. The van der Waals surface area contributed by atoms with Gasteiger partial charge in [0.05, 0.1) is 27.6 Å². The molecule has 12 aromatic rings. The van der Waals surface area contributed by atoms with Gasteiger partial charge in [-0.15, -0.1) is 0 Å². The molecule has 13 rings (SSSR count). The summed E-state index contributed by atoms with van der Waals surface area (Å²) in [6.07, 6.45) is 2.01. The molecule has 0 saturated carbocycles. The standard InChI is InChI=1S/C55H36N4/c1-55(2)45-23-10-7-19-39(45)40-27-26-35(31-46(40)55)59-48-25-12-9-22-43(48)52-50(59)29-28-49-51(52)42-21-8-11-24-47(42)58(49)34-15-13-14-33(30-34)54-56-32-44-38-18-4-3-16-36(38)37-17-5-6-20-41(37)53(44)57-54/h3-32H,1-2H3. The third-order valence-electron chi connectivity index (χ3n) is 13.1. The molecule has 3 heterocycles. The summed E-state index contributed by atoms with van der Waals surface area (Å²) in [6.45, 7) is 4.72. The van der Waals surface area contributed by atoms with Gasteiger partial charge in [-0.05, 0) is 86.9 Å². The van der Waals surface area contributed by atoms with Gasteiger partial charge in [-0.2, -0.15) is 0 Å². The lowest BCUT2D eigenvalue weighted by atomic mass is 9.82. The van der Waals surface area contributed by atoms with E-state index in [1.54, 1.807) is 0 Å². The zero-order valence-electron chi connectivity index (χ0n) is 32.6. The number of benzene rings is 9. The fraction of sp³-hybridized carbons (Fsp3) is 0.0545. The molecule has 9 aromatic carbocycles. The first-order valence-corrected chi connectivity index (χ1v) is 20.4. The molecule has 0 aliphatic heterocycles. The Morgan fingerprint density at radius 3 is 1.64 bits per heavy atom. The predicted molar refractivity (Wildman–Crippen MR) is 246 cm³/mol. The van der Waals surface area contributed by atoms with E-state index in [0.29, 0.717) is 5.82 Å². The molecule has 0 saturated heterocycles. The molecule has 4 heteroatoms. The Morgan fingerprint density at radius 2 is 0.949 bits per heavy atom. The Kier molecular flexibility index (Phi) is 6.48. The van der Waals surface area contributed by atoms with Crippen molar-refractivity contribution >= 4 is 76.1 Å². The predicted octanol–water partition coefficient (Wildman–Crippen LogP) is 14.1. The van der Waals surface area contributed by atoms with Crippen LogP contribution in [-0.4, -0.2) is 19.1 Å². The third-order valence-corrected chi connectivity index (χ3v) is 13.1. The minimum Gasteiger partial charge on any atom is -0.309 e. The average molecular weight is 753 g/mol. The Hall–Kier alpha value is -7.56. The molecule has 3 aromatic heterocycles. The summed E-state index contributed by atoms with van der Waals surface area (Å²) in [7, 11) is 0. The maximum atomic E-state index is 5.30. The Bertz CT molecular complexity index is 3730. The van der Waals surface area contributed by atoms with Crippen LogP contribution in [0.15, 0.2) is 182 Å². The van der Waals surface area contributed by atoms with E-state index < -0.39 is 0 Å². The lowest BCUT2D eigenvalue weighted by molar-refractivity contribution is 0.660. The number of rotatable bonds is 3. The molecule has 276 valence electrons. The number of aromatic nitrogens is 4. The van der Waals surface area contributed by atoms with Gasteiger partial charge in [-0.3, -0.25) is 0 Å². The molecule has 1 aliphatic carbocycles. The lowest BCUT2D eigenvalue weighted by Crippen LogP contribution is -2.15. The van der Waals surface area contributed by atoms with Crippen molar-refractivity contribution in [2.45, 2.75) is 19.3 Å². The second-order valence-corrected chi connectivity index (χ2v) is 16.6. The van der Waals surface area contributed by atoms with Gasteiger partial charge in [-0.25, -0.2) is 9.97 Å². The molecule has 1 aliphatic rings. The van der Waals surface area contributed by atoms with Crippen LogP contribution in [0, 0.1) is 0 Å². The zero-order chi connectivity index (χ0) is 39.0.